The molecule has 0 saturated carbocycles. The monoisotopic (exact) mass is 316 g/mol. The summed E-state index contributed by atoms with van der Waals surface area (Å²) in [5.41, 5.74) is 0. The van der Waals surface area contributed by atoms with Gasteiger partial charge in [-0.15, -0.1) is 0 Å². The van der Waals surface area contributed by atoms with Gasteiger partial charge in [0, 0.05) is 12.8 Å². The lowest BCUT2D eigenvalue weighted by Crippen LogP contribution is -2.41. The standard InChI is InChI=1S/C14H24N2O6/c1-2-3-4-5-6-12(18)16-10(14(21)22)7-8-11(17)15-9-13(19)20/h10H,2-9H2,1H3,(H,15,17)(H,16,18)(H,19,20)(H,21,22)/t10-/m1/s1. The Morgan fingerprint density at radius 2 is 1.64 bits per heavy atom. The molecule has 126 valence electrons. The van der Waals surface area contributed by atoms with Gasteiger partial charge in [0.25, 0.3) is 0 Å². The van der Waals surface area contributed by atoms with Gasteiger partial charge >= 0.3 is 11.9 Å². The van der Waals surface area contributed by atoms with Crippen LogP contribution in [0.4, 0.5) is 0 Å². The Balaban J connectivity index is 4.09. The van der Waals surface area contributed by atoms with Crippen molar-refractivity contribution >= 4 is 23.8 Å². The van der Waals surface area contributed by atoms with Crippen molar-refractivity contribution < 1.29 is 29.4 Å². The summed E-state index contributed by atoms with van der Waals surface area (Å²) in [6.45, 7) is 1.54. The fraction of sp³-hybridized carbons (Fsp3) is 0.714. The Kier molecular flexibility index (Phi) is 10.4. The summed E-state index contributed by atoms with van der Waals surface area (Å²) in [4.78, 5) is 44.3. The quantitative estimate of drug-likeness (QED) is 0.388. The van der Waals surface area contributed by atoms with E-state index in [1.807, 2.05) is 0 Å². The van der Waals surface area contributed by atoms with Gasteiger partial charge in [-0.1, -0.05) is 26.2 Å². The number of carbonyl (C=O) groups is 4. The maximum atomic E-state index is 11.6. The fourth-order valence-electron chi connectivity index (χ4n) is 1.77. The molecule has 22 heavy (non-hydrogen) atoms. The average Bonchev–Trinajstić information content (AvgIpc) is 2.45. The molecule has 0 bridgehead atoms. The molecule has 0 radical (unpaired) electrons. The first kappa shape index (κ1) is 19.9. The van der Waals surface area contributed by atoms with E-state index < -0.39 is 30.4 Å². The third-order valence-corrected chi connectivity index (χ3v) is 2.99. The molecule has 8 heteroatoms. The van der Waals surface area contributed by atoms with E-state index in [0.29, 0.717) is 6.42 Å². The summed E-state index contributed by atoms with van der Waals surface area (Å²) in [6, 6.07) is -1.14. The van der Waals surface area contributed by atoms with Crippen molar-refractivity contribution in [3.63, 3.8) is 0 Å². The highest BCUT2D eigenvalue weighted by Gasteiger charge is 2.20. The lowest BCUT2D eigenvalue weighted by atomic mass is 10.1. The van der Waals surface area contributed by atoms with Crippen molar-refractivity contribution in [3.8, 4) is 0 Å². The zero-order valence-corrected chi connectivity index (χ0v) is 12.8. The molecule has 2 amide bonds. The van der Waals surface area contributed by atoms with Crippen LogP contribution in [0.15, 0.2) is 0 Å². The molecule has 1 atom stereocenters. The first-order valence-corrected chi connectivity index (χ1v) is 7.37. The maximum absolute atomic E-state index is 11.6. The minimum absolute atomic E-state index is 0.0819. The predicted octanol–water partition coefficient (Wildman–Crippen LogP) is 0.507. The third-order valence-electron chi connectivity index (χ3n) is 2.99. The Hall–Kier alpha value is -2.12. The minimum Gasteiger partial charge on any atom is -0.480 e. The Morgan fingerprint density at radius 3 is 2.18 bits per heavy atom. The molecular formula is C14H24N2O6. The van der Waals surface area contributed by atoms with Crippen LogP contribution in [-0.4, -0.2) is 46.6 Å². The van der Waals surface area contributed by atoms with Crippen molar-refractivity contribution in [2.45, 2.75) is 57.9 Å². The minimum atomic E-state index is -1.21. The summed E-state index contributed by atoms with van der Waals surface area (Å²) in [6.07, 6.45) is 3.70. The summed E-state index contributed by atoms with van der Waals surface area (Å²) in [7, 11) is 0. The summed E-state index contributed by atoms with van der Waals surface area (Å²) < 4.78 is 0. The molecule has 0 aromatic carbocycles. The van der Waals surface area contributed by atoms with Gasteiger partial charge in [-0.2, -0.15) is 0 Å². The van der Waals surface area contributed by atoms with E-state index in [9.17, 15) is 19.2 Å². The highest BCUT2D eigenvalue weighted by molar-refractivity contribution is 5.85. The number of rotatable bonds is 12. The second kappa shape index (κ2) is 11.5. The lowest BCUT2D eigenvalue weighted by molar-refractivity contribution is -0.142. The van der Waals surface area contributed by atoms with Gasteiger partial charge in [0.2, 0.25) is 11.8 Å². The normalized spacial score (nSPS) is 11.5. The van der Waals surface area contributed by atoms with Crippen LogP contribution in [0.25, 0.3) is 0 Å². The van der Waals surface area contributed by atoms with Crippen molar-refractivity contribution in [2.75, 3.05) is 6.54 Å². The average molecular weight is 316 g/mol. The molecule has 0 rings (SSSR count). The SMILES string of the molecule is CCCCCCC(=O)N[C@H](CCC(=O)NCC(=O)O)C(=O)O. The first-order chi connectivity index (χ1) is 10.4. The van der Waals surface area contributed by atoms with Crippen molar-refractivity contribution in [1.82, 2.24) is 10.6 Å². The number of carbonyl (C=O) groups excluding carboxylic acids is 2. The van der Waals surface area contributed by atoms with E-state index in [4.69, 9.17) is 10.2 Å². The molecule has 4 N–H and O–H groups in total. The van der Waals surface area contributed by atoms with Gasteiger partial charge in [-0.3, -0.25) is 14.4 Å². The van der Waals surface area contributed by atoms with Crippen LogP contribution in [-0.2, 0) is 19.2 Å². The molecule has 0 aliphatic rings. The van der Waals surface area contributed by atoms with Crippen LogP contribution in [0.1, 0.15) is 51.9 Å². The van der Waals surface area contributed by atoms with Gasteiger partial charge in [-0.05, 0) is 12.8 Å². The van der Waals surface area contributed by atoms with Crippen LogP contribution >= 0.6 is 0 Å². The van der Waals surface area contributed by atoms with E-state index in [-0.39, 0.29) is 25.2 Å². The summed E-state index contributed by atoms with van der Waals surface area (Å²) in [5, 5.41) is 21.9. The van der Waals surface area contributed by atoms with Crippen LogP contribution in [0.5, 0.6) is 0 Å². The molecule has 0 aliphatic heterocycles. The zero-order valence-electron chi connectivity index (χ0n) is 12.8. The Labute approximate surface area is 129 Å². The van der Waals surface area contributed by atoms with Gasteiger partial charge in [-0.25, -0.2) is 4.79 Å². The Morgan fingerprint density at radius 1 is 0.955 bits per heavy atom. The van der Waals surface area contributed by atoms with E-state index in [1.54, 1.807) is 0 Å². The predicted molar refractivity (Wildman–Crippen MR) is 78.2 cm³/mol. The summed E-state index contributed by atoms with van der Waals surface area (Å²) in [5.74, 6) is -3.31. The highest BCUT2D eigenvalue weighted by atomic mass is 16.4. The number of nitrogens with one attached hydrogen (secondary N) is 2. The number of unbranched alkanes of at least 4 members (excludes halogenated alkanes) is 3. The smallest absolute Gasteiger partial charge is 0.326 e. The highest BCUT2D eigenvalue weighted by Crippen LogP contribution is 2.04. The third kappa shape index (κ3) is 10.6. The molecule has 0 unspecified atom stereocenters. The number of hydrogen-bond donors (Lipinski definition) is 4. The van der Waals surface area contributed by atoms with Crippen molar-refractivity contribution in [1.29, 1.82) is 0 Å². The largest absolute Gasteiger partial charge is 0.480 e. The molecular weight excluding hydrogens is 292 g/mol. The second-order valence-electron chi connectivity index (χ2n) is 4.98. The second-order valence-corrected chi connectivity index (χ2v) is 4.98. The van der Waals surface area contributed by atoms with Crippen LogP contribution in [0, 0.1) is 0 Å². The van der Waals surface area contributed by atoms with Gasteiger partial charge in [0.15, 0.2) is 0 Å². The molecule has 0 aromatic rings. The van der Waals surface area contributed by atoms with E-state index in [2.05, 4.69) is 17.6 Å². The van der Waals surface area contributed by atoms with E-state index >= 15 is 0 Å². The molecule has 0 fully saturated rings. The van der Waals surface area contributed by atoms with Gasteiger partial charge in [0.1, 0.15) is 12.6 Å². The topological polar surface area (TPSA) is 133 Å². The molecule has 0 aliphatic carbocycles. The first-order valence-electron chi connectivity index (χ1n) is 7.37. The van der Waals surface area contributed by atoms with Gasteiger partial charge in [0.05, 0.1) is 0 Å². The van der Waals surface area contributed by atoms with Gasteiger partial charge < -0.3 is 20.8 Å². The van der Waals surface area contributed by atoms with E-state index in [1.165, 1.54) is 0 Å². The number of hydrogen-bond acceptors (Lipinski definition) is 4. The molecule has 0 heterocycles. The number of carboxylic acids is 2. The zero-order chi connectivity index (χ0) is 17.0. The number of carboxylic acid groups (broad SMARTS) is 2. The van der Waals surface area contributed by atoms with Crippen LogP contribution in [0.3, 0.4) is 0 Å². The van der Waals surface area contributed by atoms with Crippen molar-refractivity contribution in [2.24, 2.45) is 0 Å². The maximum Gasteiger partial charge on any atom is 0.326 e. The molecule has 8 nitrogen and oxygen atoms in total. The molecule has 0 spiro atoms. The molecule has 0 saturated heterocycles. The lowest BCUT2D eigenvalue weighted by Gasteiger charge is -2.14. The van der Waals surface area contributed by atoms with E-state index in [0.717, 1.165) is 19.3 Å². The van der Waals surface area contributed by atoms with Crippen molar-refractivity contribution in [3.05, 3.63) is 0 Å². The summed E-state index contributed by atoms with van der Waals surface area (Å²) >= 11 is 0. The van der Waals surface area contributed by atoms with Crippen LogP contribution in [0.2, 0.25) is 0 Å². The number of amides is 2. The Bertz CT molecular complexity index is 397. The number of aliphatic carboxylic acids is 2. The molecule has 0 aromatic heterocycles. The van der Waals surface area contributed by atoms with Crippen LogP contribution < -0.4 is 10.6 Å². The fourth-order valence-corrected chi connectivity index (χ4v) is 1.77.